The zero-order valence-electron chi connectivity index (χ0n) is 13.2. The fraction of sp³-hybridized carbons (Fsp3) is 0.500. The summed E-state index contributed by atoms with van der Waals surface area (Å²) in [6.45, 7) is 8.55. The van der Waals surface area contributed by atoms with Crippen molar-refractivity contribution in [2.24, 2.45) is 0 Å². The van der Waals surface area contributed by atoms with Gasteiger partial charge in [-0.25, -0.2) is 0 Å². The third-order valence-electron chi connectivity index (χ3n) is 4.71. The third kappa shape index (κ3) is 2.45. The molecule has 0 fully saturated rings. The summed E-state index contributed by atoms with van der Waals surface area (Å²) in [5.74, 6) is 0.379. The molecule has 1 heterocycles. The molecule has 0 bridgehead atoms. The highest BCUT2D eigenvalue weighted by molar-refractivity contribution is 5.54. The van der Waals surface area contributed by atoms with Crippen LogP contribution in [-0.4, -0.2) is 18.2 Å². The molecule has 2 aromatic rings. The minimum absolute atomic E-state index is 0.379. The molecule has 0 aliphatic heterocycles. The fourth-order valence-corrected chi connectivity index (χ4v) is 3.66. The van der Waals surface area contributed by atoms with E-state index in [9.17, 15) is 0 Å². The van der Waals surface area contributed by atoms with Crippen LogP contribution >= 0.6 is 0 Å². The lowest BCUT2D eigenvalue weighted by molar-refractivity contribution is 0.404. The Morgan fingerprint density at radius 2 is 2.10 bits per heavy atom. The van der Waals surface area contributed by atoms with Crippen molar-refractivity contribution in [3.05, 3.63) is 46.8 Å². The highest BCUT2D eigenvalue weighted by atomic mass is 16.5. The van der Waals surface area contributed by atoms with Gasteiger partial charge >= 0.3 is 0 Å². The van der Waals surface area contributed by atoms with Crippen LogP contribution in [0, 0.1) is 6.92 Å². The van der Waals surface area contributed by atoms with Gasteiger partial charge in [0.25, 0.3) is 0 Å². The number of hydrogen-bond acceptors (Lipinski definition) is 3. The van der Waals surface area contributed by atoms with Gasteiger partial charge in [0.2, 0.25) is 0 Å². The van der Waals surface area contributed by atoms with Gasteiger partial charge < -0.3 is 9.42 Å². The minimum Gasteiger partial charge on any atom is -0.368 e. The quantitative estimate of drug-likeness (QED) is 0.838. The Morgan fingerprint density at radius 1 is 1.29 bits per heavy atom. The van der Waals surface area contributed by atoms with Crippen LogP contribution in [0.15, 0.2) is 29.0 Å². The van der Waals surface area contributed by atoms with Gasteiger partial charge in [0, 0.05) is 19.0 Å². The predicted octanol–water partition coefficient (Wildman–Crippen LogP) is 4.30. The van der Waals surface area contributed by atoms with E-state index in [1.54, 1.807) is 0 Å². The summed E-state index contributed by atoms with van der Waals surface area (Å²) in [6, 6.07) is 6.66. The number of benzene rings is 1. The summed E-state index contributed by atoms with van der Waals surface area (Å²) in [5.41, 5.74) is 6.63. The van der Waals surface area contributed by atoms with Crippen LogP contribution in [0.3, 0.4) is 0 Å². The van der Waals surface area contributed by atoms with E-state index in [1.807, 2.05) is 6.26 Å². The molecule has 21 heavy (non-hydrogen) atoms. The second kappa shape index (κ2) is 5.92. The van der Waals surface area contributed by atoms with Crippen molar-refractivity contribution in [2.45, 2.75) is 46.0 Å². The second-order valence-electron chi connectivity index (χ2n) is 5.85. The van der Waals surface area contributed by atoms with Crippen LogP contribution in [0.2, 0.25) is 0 Å². The first-order valence-electron chi connectivity index (χ1n) is 8.03. The van der Waals surface area contributed by atoms with Crippen molar-refractivity contribution in [1.29, 1.82) is 0 Å². The molecular weight excluding hydrogens is 260 g/mol. The standard InChI is InChI=1S/C18H24N2O/c1-4-20(5-2)16-12-21-19-18(16)15-11-7-10-14-9-6-8-13(3)17(14)15/h6,8-9,12,15H,4-5,7,10-11H2,1-3H3. The van der Waals surface area contributed by atoms with E-state index in [0.717, 1.165) is 18.8 Å². The van der Waals surface area contributed by atoms with E-state index in [2.05, 4.69) is 49.0 Å². The molecular formula is C18H24N2O. The van der Waals surface area contributed by atoms with Crippen LogP contribution in [0.4, 0.5) is 5.69 Å². The van der Waals surface area contributed by atoms with Gasteiger partial charge in [0.15, 0.2) is 0 Å². The van der Waals surface area contributed by atoms with Gasteiger partial charge in [-0.3, -0.25) is 0 Å². The zero-order chi connectivity index (χ0) is 14.8. The lowest BCUT2D eigenvalue weighted by atomic mass is 9.78. The van der Waals surface area contributed by atoms with Crippen LogP contribution in [0.5, 0.6) is 0 Å². The van der Waals surface area contributed by atoms with Crippen molar-refractivity contribution >= 4 is 5.69 Å². The molecule has 1 aromatic carbocycles. The molecule has 112 valence electrons. The van der Waals surface area contributed by atoms with E-state index < -0.39 is 0 Å². The third-order valence-corrected chi connectivity index (χ3v) is 4.71. The van der Waals surface area contributed by atoms with Gasteiger partial charge in [-0.2, -0.15) is 0 Å². The summed E-state index contributed by atoms with van der Waals surface area (Å²) >= 11 is 0. The molecule has 3 nitrogen and oxygen atoms in total. The molecule has 1 aliphatic carbocycles. The highest BCUT2D eigenvalue weighted by Gasteiger charge is 2.29. The van der Waals surface area contributed by atoms with Gasteiger partial charge in [-0.15, -0.1) is 0 Å². The van der Waals surface area contributed by atoms with Crippen LogP contribution in [-0.2, 0) is 6.42 Å². The molecule has 3 rings (SSSR count). The Hall–Kier alpha value is -1.77. The number of aromatic nitrogens is 1. The maximum Gasteiger partial charge on any atom is 0.147 e. The molecule has 0 saturated carbocycles. The first kappa shape index (κ1) is 14.2. The molecule has 1 aromatic heterocycles. The molecule has 0 N–H and O–H groups in total. The number of nitrogens with zero attached hydrogens (tertiary/aromatic N) is 2. The van der Waals surface area contributed by atoms with Crippen LogP contribution in [0.1, 0.15) is 55.0 Å². The average Bonchev–Trinajstić information content (AvgIpc) is 2.98. The fourth-order valence-electron chi connectivity index (χ4n) is 3.66. The van der Waals surface area contributed by atoms with Crippen LogP contribution < -0.4 is 4.90 Å². The molecule has 1 atom stereocenters. The molecule has 1 aliphatic rings. The Kier molecular flexibility index (Phi) is 4.00. The van der Waals surface area contributed by atoms with Crippen LogP contribution in [0.25, 0.3) is 0 Å². The van der Waals surface area contributed by atoms with E-state index in [-0.39, 0.29) is 0 Å². The maximum absolute atomic E-state index is 5.35. The Bertz CT molecular complexity index is 613. The number of hydrogen-bond donors (Lipinski definition) is 0. The SMILES string of the molecule is CCN(CC)c1conc1C1CCCc2cccc(C)c21. The van der Waals surface area contributed by atoms with Crippen molar-refractivity contribution in [1.82, 2.24) is 5.16 Å². The zero-order valence-corrected chi connectivity index (χ0v) is 13.2. The Labute approximate surface area is 126 Å². The van der Waals surface area contributed by atoms with Crippen molar-refractivity contribution in [2.75, 3.05) is 18.0 Å². The predicted molar refractivity (Wildman–Crippen MR) is 86.0 cm³/mol. The van der Waals surface area contributed by atoms with Crippen molar-refractivity contribution in [3.8, 4) is 0 Å². The molecule has 3 heteroatoms. The normalized spacial score (nSPS) is 17.6. The van der Waals surface area contributed by atoms with Gasteiger partial charge in [0.05, 0.1) is 0 Å². The first-order chi connectivity index (χ1) is 10.3. The van der Waals surface area contributed by atoms with E-state index in [1.165, 1.54) is 41.6 Å². The summed E-state index contributed by atoms with van der Waals surface area (Å²) in [5, 5.41) is 4.38. The van der Waals surface area contributed by atoms with Gasteiger partial charge in [-0.05, 0) is 56.7 Å². The lowest BCUT2D eigenvalue weighted by Gasteiger charge is -2.28. The van der Waals surface area contributed by atoms with E-state index in [4.69, 9.17) is 4.52 Å². The van der Waals surface area contributed by atoms with E-state index >= 15 is 0 Å². The summed E-state index contributed by atoms with van der Waals surface area (Å²) in [4.78, 5) is 2.33. The van der Waals surface area contributed by atoms with Crippen molar-refractivity contribution < 1.29 is 4.52 Å². The van der Waals surface area contributed by atoms with Gasteiger partial charge in [0.1, 0.15) is 17.6 Å². The average molecular weight is 284 g/mol. The smallest absolute Gasteiger partial charge is 0.147 e. The lowest BCUT2D eigenvalue weighted by Crippen LogP contribution is -2.24. The second-order valence-corrected chi connectivity index (χ2v) is 5.85. The number of rotatable bonds is 4. The number of anilines is 1. The molecule has 0 spiro atoms. The summed E-state index contributed by atoms with van der Waals surface area (Å²) in [6.07, 6.45) is 5.39. The minimum atomic E-state index is 0.379. The molecule has 0 radical (unpaired) electrons. The first-order valence-corrected chi connectivity index (χ1v) is 8.03. The highest BCUT2D eigenvalue weighted by Crippen LogP contribution is 2.41. The summed E-state index contributed by atoms with van der Waals surface area (Å²) in [7, 11) is 0. The number of fused-ring (bicyclic) bond motifs is 1. The topological polar surface area (TPSA) is 29.3 Å². The maximum atomic E-state index is 5.35. The van der Waals surface area contributed by atoms with E-state index in [0.29, 0.717) is 5.92 Å². The molecule has 0 saturated heterocycles. The number of aryl methyl sites for hydroxylation is 2. The summed E-state index contributed by atoms with van der Waals surface area (Å²) < 4.78 is 5.35. The molecule has 1 unspecified atom stereocenters. The largest absolute Gasteiger partial charge is 0.368 e. The Morgan fingerprint density at radius 3 is 2.86 bits per heavy atom. The van der Waals surface area contributed by atoms with Gasteiger partial charge in [-0.1, -0.05) is 23.4 Å². The molecule has 0 amide bonds. The monoisotopic (exact) mass is 284 g/mol. The Balaban J connectivity index is 2.06. The van der Waals surface area contributed by atoms with Crippen molar-refractivity contribution in [3.63, 3.8) is 0 Å².